The van der Waals surface area contributed by atoms with Crippen LogP contribution in [0.2, 0.25) is 0 Å². The van der Waals surface area contributed by atoms with E-state index in [-0.39, 0.29) is 4.90 Å². The summed E-state index contributed by atoms with van der Waals surface area (Å²) in [6, 6.07) is 11.1. The number of hydrogen-bond donors (Lipinski definition) is 2. The summed E-state index contributed by atoms with van der Waals surface area (Å²) in [6.45, 7) is 7.49. The maximum atomic E-state index is 12.6. The van der Waals surface area contributed by atoms with E-state index in [1.807, 2.05) is 19.9 Å². The highest BCUT2D eigenvalue weighted by atomic mass is 32.2. The SMILES string of the molecule is CCOc1ccc(NC(=O)C(C)NS(=O)(=O)c2cc(C)ccc2C)cc1. The first kappa shape index (κ1) is 19.9. The zero-order valence-electron chi connectivity index (χ0n) is 15.4. The van der Waals surface area contributed by atoms with Gasteiger partial charge in [-0.1, -0.05) is 12.1 Å². The van der Waals surface area contributed by atoms with Crippen molar-refractivity contribution >= 4 is 21.6 Å². The standard InChI is InChI=1S/C19H24N2O4S/c1-5-25-17-10-8-16(9-11-17)20-19(22)15(4)21-26(23,24)18-12-13(2)6-7-14(18)3/h6-12,15,21H,5H2,1-4H3,(H,20,22). The Kier molecular flexibility index (Phi) is 6.39. The van der Waals surface area contributed by atoms with Crippen molar-refractivity contribution in [3.05, 3.63) is 53.6 Å². The highest BCUT2D eigenvalue weighted by molar-refractivity contribution is 7.89. The van der Waals surface area contributed by atoms with Crippen molar-refractivity contribution < 1.29 is 17.9 Å². The van der Waals surface area contributed by atoms with Gasteiger partial charge in [0.05, 0.1) is 17.5 Å². The van der Waals surface area contributed by atoms with Gasteiger partial charge in [0, 0.05) is 5.69 Å². The van der Waals surface area contributed by atoms with Crippen molar-refractivity contribution in [2.24, 2.45) is 0 Å². The molecule has 2 aromatic rings. The minimum atomic E-state index is -3.79. The molecular formula is C19H24N2O4S. The smallest absolute Gasteiger partial charge is 0.242 e. The highest BCUT2D eigenvalue weighted by Crippen LogP contribution is 2.18. The van der Waals surface area contributed by atoms with Crippen LogP contribution in [0, 0.1) is 13.8 Å². The quantitative estimate of drug-likeness (QED) is 0.778. The van der Waals surface area contributed by atoms with Gasteiger partial charge in [0.15, 0.2) is 0 Å². The maximum Gasteiger partial charge on any atom is 0.242 e. The molecule has 2 rings (SSSR count). The zero-order chi connectivity index (χ0) is 19.3. The molecule has 140 valence electrons. The first-order chi connectivity index (χ1) is 12.2. The molecule has 0 aliphatic rings. The fourth-order valence-electron chi connectivity index (χ4n) is 2.40. The summed E-state index contributed by atoms with van der Waals surface area (Å²) < 4.78 is 32.9. The molecule has 1 unspecified atom stereocenters. The van der Waals surface area contributed by atoms with Gasteiger partial charge < -0.3 is 10.1 Å². The van der Waals surface area contributed by atoms with Crippen LogP contribution in [-0.4, -0.2) is 27.0 Å². The number of amides is 1. The van der Waals surface area contributed by atoms with Crippen LogP contribution < -0.4 is 14.8 Å². The van der Waals surface area contributed by atoms with Crippen LogP contribution in [-0.2, 0) is 14.8 Å². The topological polar surface area (TPSA) is 84.5 Å². The van der Waals surface area contributed by atoms with E-state index in [1.165, 1.54) is 6.92 Å². The van der Waals surface area contributed by atoms with E-state index >= 15 is 0 Å². The van der Waals surface area contributed by atoms with Gasteiger partial charge in [-0.05, 0) is 69.2 Å². The lowest BCUT2D eigenvalue weighted by Crippen LogP contribution is -2.41. The van der Waals surface area contributed by atoms with E-state index in [0.29, 0.717) is 23.6 Å². The van der Waals surface area contributed by atoms with Crippen molar-refractivity contribution in [3.8, 4) is 5.75 Å². The van der Waals surface area contributed by atoms with E-state index in [2.05, 4.69) is 10.0 Å². The third-order valence-corrected chi connectivity index (χ3v) is 5.47. The third kappa shape index (κ3) is 5.06. The van der Waals surface area contributed by atoms with E-state index in [9.17, 15) is 13.2 Å². The van der Waals surface area contributed by atoms with E-state index < -0.39 is 22.0 Å². The maximum absolute atomic E-state index is 12.6. The Balaban J connectivity index is 2.07. The molecule has 0 spiro atoms. The molecule has 0 bridgehead atoms. The predicted molar refractivity (Wildman–Crippen MR) is 102 cm³/mol. The van der Waals surface area contributed by atoms with Crippen molar-refractivity contribution in [2.45, 2.75) is 38.6 Å². The van der Waals surface area contributed by atoms with Crippen LogP contribution in [0.3, 0.4) is 0 Å². The zero-order valence-corrected chi connectivity index (χ0v) is 16.2. The van der Waals surface area contributed by atoms with Gasteiger partial charge in [-0.2, -0.15) is 4.72 Å². The molecule has 0 aromatic heterocycles. The van der Waals surface area contributed by atoms with Crippen LogP contribution in [0.4, 0.5) is 5.69 Å². The first-order valence-electron chi connectivity index (χ1n) is 8.36. The number of benzene rings is 2. The lowest BCUT2D eigenvalue weighted by atomic mass is 10.2. The molecule has 0 heterocycles. The van der Waals surface area contributed by atoms with Gasteiger partial charge in [-0.15, -0.1) is 0 Å². The van der Waals surface area contributed by atoms with Crippen molar-refractivity contribution in [2.75, 3.05) is 11.9 Å². The number of sulfonamides is 1. The second-order valence-corrected chi connectivity index (χ2v) is 7.74. The number of anilines is 1. The number of hydrogen-bond acceptors (Lipinski definition) is 4. The Labute approximate surface area is 154 Å². The monoisotopic (exact) mass is 376 g/mol. The molecule has 6 nitrogen and oxygen atoms in total. The Bertz CT molecular complexity index is 877. The number of aryl methyl sites for hydroxylation is 2. The Hall–Kier alpha value is -2.38. The normalized spacial score (nSPS) is 12.5. The van der Waals surface area contributed by atoms with Gasteiger partial charge in [0.2, 0.25) is 15.9 Å². The minimum Gasteiger partial charge on any atom is -0.494 e. The molecule has 0 fully saturated rings. The average Bonchev–Trinajstić information content (AvgIpc) is 2.58. The molecule has 0 radical (unpaired) electrons. The van der Waals surface area contributed by atoms with Crippen LogP contribution in [0.5, 0.6) is 5.75 Å². The molecule has 26 heavy (non-hydrogen) atoms. The average molecular weight is 376 g/mol. The van der Waals surface area contributed by atoms with Gasteiger partial charge in [-0.3, -0.25) is 4.79 Å². The fourth-order valence-corrected chi connectivity index (χ4v) is 3.93. The summed E-state index contributed by atoms with van der Waals surface area (Å²) in [5, 5.41) is 2.69. The van der Waals surface area contributed by atoms with Crippen molar-refractivity contribution in [3.63, 3.8) is 0 Å². The van der Waals surface area contributed by atoms with E-state index in [0.717, 1.165) is 5.56 Å². The molecule has 7 heteroatoms. The Morgan fingerprint density at radius 3 is 2.38 bits per heavy atom. The second kappa shape index (κ2) is 8.33. The Morgan fingerprint density at radius 2 is 1.77 bits per heavy atom. The van der Waals surface area contributed by atoms with Gasteiger partial charge in [0.25, 0.3) is 0 Å². The van der Waals surface area contributed by atoms with E-state index in [1.54, 1.807) is 43.3 Å². The summed E-state index contributed by atoms with van der Waals surface area (Å²) >= 11 is 0. The summed E-state index contributed by atoms with van der Waals surface area (Å²) in [7, 11) is -3.79. The molecule has 1 amide bonds. The van der Waals surface area contributed by atoms with Crippen LogP contribution >= 0.6 is 0 Å². The van der Waals surface area contributed by atoms with Crippen molar-refractivity contribution in [1.82, 2.24) is 4.72 Å². The molecular weight excluding hydrogens is 352 g/mol. The third-order valence-electron chi connectivity index (χ3n) is 3.79. The summed E-state index contributed by atoms with van der Waals surface area (Å²) in [4.78, 5) is 12.5. The number of rotatable bonds is 7. The fraction of sp³-hybridized carbons (Fsp3) is 0.316. The van der Waals surface area contributed by atoms with Gasteiger partial charge >= 0.3 is 0 Å². The summed E-state index contributed by atoms with van der Waals surface area (Å²) in [6.07, 6.45) is 0. The number of nitrogens with one attached hydrogen (secondary N) is 2. The molecule has 0 saturated carbocycles. The summed E-state index contributed by atoms with van der Waals surface area (Å²) in [5.74, 6) is 0.261. The highest BCUT2D eigenvalue weighted by Gasteiger charge is 2.23. The Morgan fingerprint density at radius 1 is 1.12 bits per heavy atom. The summed E-state index contributed by atoms with van der Waals surface area (Å²) in [5.41, 5.74) is 2.03. The van der Waals surface area contributed by atoms with Crippen molar-refractivity contribution in [1.29, 1.82) is 0 Å². The number of ether oxygens (including phenoxy) is 1. The molecule has 1 atom stereocenters. The number of carbonyl (C=O) groups is 1. The first-order valence-corrected chi connectivity index (χ1v) is 9.84. The molecule has 2 aromatic carbocycles. The lowest BCUT2D eigenvalue weighted by molar-refractivity contribution is -0.117. The minimum absolute atomic E-state index is 0.179. The van der Waals surface area contributed by atoms with Crippen LogP contribution in [0.25, 0.3) is 0 Å². The van der Waals surface area contributed by atoms with Crippen LogP contribution in [0.15, 0.2) is 47.4 Å². The van der Waals surface area contributed by atoms with E-state index in [4.69, 9.17) is 4.74 Å². The molecule has 0 aliphatic heterocycles. The predicted octanol–water partition coefficient (Wildman–Crippen LogP) is 3.01. The molecule has 2 N–H and O–H groups in total. The lowest BCUT2D eigenvalue weighted by Gasteiger charge is -2.16. The van der Waals surface area contributed by atoms with Gasteiger partial charge in [0.1, 0.15) is 5.75 Å². The van der Waals surface area contributed by atoms with Gasteiger partial charge in [-0.25, -0.2) is 8.42 Å². The number of carbonyl (C=O) groups excluding carboxylic acids is 1. The second-order valence-electron chi connectivity index (χ2n) is 6.06. The molecule has 0 saturated heterocycles. The largest absolute Gasteiger partial charge is 0.494 e. The molecule has 0 aliphatic carbocycles. The van der Waals surface area contributed by atoms with Crippen LogP contribution in [0.1, 0.15) is 25.0 Å².